The standard InChI is InChI=1S/C12H11NOS.C2H7N/c1-3-9-4-2-6-14-12(9)10(5-1)11-7-13-8-15-11;1-3-2/h1,3,5,7-8H,2,4,6H2;3H,1-2H3. The third-order valence-electron chi connectivity index (χ3n) is 2.63. The molecule has 0 radical (unpaired) electrons. The number of aryl methyl sites for hydroxylation is 1. The van der Waals surface area contributed by atoms with E-state index in [0.717, 1.165) is 25.2 Å². The first-order valence-electron chi connectivity index (χ1n) is 6.09. The van der Waals surface area contributed by atoms with Gasteiger partial charge in [-0.3, -0.25) is 4.98 Å². The summed E-state index contributed by atoms with van der Waals surface area (Å²) in [5.41, 5.74) is 4.37. The molecule has 1 aromatic heterocycles. The molecule has 0 saturated carbocycles. The van der Waals surface area contributed by atoms with Crippen molar-refractivity contribution in [1.29, 1.82) is 0 Å². The van der Waals surface area contributed by atoms with E-state index in [1.54, 1.807) is 11.3 Å². The predicted octanol–water partition coefficient (Wildman–Crippen LogP) is 2.97. The molecule has 0 unspecified atom stereocenters. The van der Waals surface area contributed by atoms with Gasteiger partial charge in [0.25, 0.3) is 0 Å². The number of para-hydroxylation sites is 1. The fourth-order valence-electron chi connectivity index (χ4n) is 1.93. The lowest BCUT2D eigenvalue weighted by molar-refractivity contribution is 0.290. The van der Waals surface area contributed by atoms with Crippen molar-refractivity contribution in [2.75, 3.05) is 20.7 Å². The van der Waals surface area contributed by atoms with Crippen LogP contribution in [-0.2, 0) is 6.42 Å². The zero-order chi connectivity index (χ0) is 12.8. The van der Waals surface area contributed by atoms with Gasteiger partial charge in [0, 0.05) is 11.8 Å². The predicted molar refractivity (Wildman–Crippen MR) is 76.3 cm³/mol. The minimum Gasteiger partial charge on any atom is -0.493 e. The highest BCUT2D eigenvalue weighted by Crippen LogP contribution is 2.37. The molecule has 4 heteroatoms. The smallest absolute Gasteiger partial charge is 0.131 e. The maximum Gasteiger partial charge on any atom is 0.131 e. The van der Waals surface area contributed by atoms with Gasteiger partial charge >= 0.3 is 0 Å². The highest BCUT2D eigenvalue weighted by molar-refractivity contribution is 7.13. The lowest BCUT2D eigenvalue weighted by atomic mass is 10.0. The van der Waals surface area contributed by atoms with E-state index in [1.807, 2.05) is 25.8 Å². The monoisotopic (exact) mass is 262 g/mol. The van der Waals surface area contributed by atoms with E-state index in [9.17, 15) is 0 Å². The second-order valence-electron chi connectivity index (χ2n) is 4.11. The molecule has 0 spiro atoms. The summed E-state index contributed by atoms with van der Waals surface area (Å²) < 4.78 is 5.76. The van der Waals surface area contributed by atoms with E-state index in [4.69, 9.17) is 4.74 Å². The number of hydrogen-bond donors (Lipinski definition) is 1. The molecular formula is C14H18N2OS. The average molecular weight is 262 g/mol. The van der Waals surface area contributed by atoms with E-state index < -0.39 is 0 Å². The largest absolute Gasteiger partial charge is 0.493 e. The van der Waals surface area contributed by atoms with Crippen molar-refractivity contribution in [3.05, 3.63) is 35.5 Å². The van der Waals surface area contributed by atoms with Gasteiger partial charge < -0.3 is 10.1 Å². The summed E-state index contributed by atoms with van der Waals surface area (Å²) >= 11 is 1.66. The Bertz CT molecular complexity index is 483. The summed E-state index contributed by atoms with van der Waals surface area (Å²) in [6.45, 7) is 0.836. The summed E-state index contributed by atoms with van der Waals surface area (Å²) in [4.78, 5) is 5.30. The van der Waals surface area contributed by atoms with Crippen molar-refractivity contribution in [2.24, 2.45) is 0 Å². The van der Waals surface area contributed by atoms with E-state index in [1.165, 1.54) is 16.0 Å². The molecule has 0 saturated heterocycles. The van der Waals surface area contributed by atoms with Gasteiger partial charge in [0.15, 0.2) is 0 Å². The van der Waals surface area contributed by atoms with Crippen molar-refractivity contribution in [3.63, 3.8) is 0 Å². The quantitative estimate of drug-likeness (QED) is 0.858. The Morgan fingerprint density at radius 1 is 1.33 bits per heavy atom. The molecular weight excluding hydrogens is 244 g/mol. The van der Waals surface area contributed by atoms with Crippen LogP contribution in [0.25, 0.3) is 10.4 Å². The van der Waals surface area contributed by atoms with Crippen LogP contribution >= 0.6 is 11.3 Å². The maximum absolute atomic E-state index is 5.76. The van der Waals surface area contributed by atoms with Crippen molar-refractivity contribution in [3.8, 4) is 16.2 Å². The van der Waals surface area contributed by atoms with Crippen molar-refractivity contribution in [1.82, 2.24) is 10.3 Å². The van der Waals surface area contributed by atoms with Crippen LogP contribution in [0.5, 0.6) is 5.75 Å². The van der Waals surface area contributed by atoms with E-state index in [0.29, 0.717) is 0 Å². The number of hydrogen-bond acceptors (Lipinski definition) is 4. The minimum absolute atomic E-state index is 0.836. The van der Waals surface area contributed by atoms with Crippen LogP contribution in [0.15, 0.2) is 29.9 Å². The van der Waals surface area contributed by atoms with Crippen LogP contribution in [0, 0.1) is 0 Å². The molecule has 0 fully saturated rings. The fraction of sp³-hybridized carbons (Fsp3) is 0.357. The number of nitrogens with zero attached hydrogens (tertiary/aromatic N) is 1. The third kappa shape index (κ3) is 2.89. The number of aromatic nitrogens is 1. The topological polar surface area (TPSA) is 34.2 Å². The van der Waals surface area contributed by atoms with E-state index in [-0.39, 0.29) is 0 Å². The molecule has 3 rings (SSSR count). The van der Waals surface area contributed by atoms with Crippen molar-refractivity contribution >= 4 is 11.3 Å². The Kier molecular flexibility index (Phi) is 4.73. The second kappa shape index (κ2) is 6.52. The summed E-state index contributed by atoms with van der Waals surface area (Å²) in [5, 5.41) is 2.75. The number of rotatable bonds is 1. The molecule has 1 aliphatic rings. The first-order valence-corrected chi connectivity index (χ1v) is 6.96. The lowest BCUT2D eigenvalue weighted by Gasteiger charge is -2.19. The van der Waals surface area contributed by atoms with E-state index in [2.05, 4.69) is 28.5 Å². The van der Waals surface area contributed by atoms with Gasteiger partial charge in [-0.2, -0.15) is 0 Å². The number of ether oxygens (including phenoxy) is 1. The molecule has 2 heterocycles. The van der Waals surface area contributed by atoms with Crippen LogP contribution in [0.2, 0.25) is 0 Å². The van der Waals surface area contributed by atoms with Gasteiger partial charge in [0.05, 0.1) is 17.0 Å². The van der Waals surface area contributed by atoms with Crippen LogP contribution in [0.3, 0.4) is 0 Å². The summed E-state index contributed by atoms with van der Waals surface area (Å²) in [7, 11) is 3.75. The van der Waals surface area contributed by atoms with Gasteiger partial charge in [-0.15, -0.1) is 11.3 Å². The zero-order valence-electron chi connectivity index (χ0n) is 10.8. The Labute approximate surface area is 112 Å². The van der Waals surface area contributed by atoms with Crippen LogP contribution < -0.4 is 10.1 Å². The van der Waals surface area contributed by atoms with Gasteiger partial charge in [-0.05, 0) is 38.6 Å². The Morgan fingerprint density at radius 3 is 2.89 bits per heavy atom. The first-order chi connectivity index (χ1) is 8.86. The van der Waals surface area contributed by atoms with Gasteiger partial charge in [-0.1, -0.05) is 12.1 Å². The van der Waals surface area contributed by atoms with E-state index >= 15 is 0 Å². The molecule has 3 nitrogen and oxygen atoms in total. The normalized spacial score (nSPS) is 13.0. The molecule has 18 heavy (non-hydrogen) atoms. The van der Waals surface area contributed by atoms with Crippen molar-refractivity contribution in [2.45, 2.75) is 12.8 Å². The molecule has 2 aromatic rings. The number of benzene rings is 1. The van der Waals surface area contributed by atoms with Crippen LogP contribution in [-0.4, -0.2) is 25.7 Å². The summed E-state index contributed by atoms with van der Waals surface area (Å²) in [6, 6.07) is 6.36. The minimum atomic E-state index is 0.836. The van der Waals surface area contributed by atoms with Gasteiger partial charge in [-0.25, -0.2) is 0 Å². The number of nitrogens with one attached hydrogen (secondary N) is 1. The summed E-state index contributed by atoms with van der Waals surface area (Å²) in [6.07, 6.45) is 4.15. The number of thiazole rings is 1. The zero-order valence-corrected chi connectivity index (χ0v) is 11.6. The molecule has 96 valence electrons. The molecule has 0 amide bonds. The van der Waals surface area contributed by atoms with Crippen molar-refractivity contribution < 1.29 is 4.74 Å². The lowest BCUT2D eigenvalue weighted by Crippen LogP contribution is -2.08. The van der Waals surface area contributed by atoms with Crippen LogP contribution in [0.4, 0.5) is 0 Å². The molecule has 1 aliphatic heterocycles. The molecule has 0 atom stereocenters. The molecule has 0 aliphatic carbocycles. The van der Waals surface area contributed by atoms with Crippen LogP contribution in [0.1, 0.15) is 12.0 Å². The fourth-order valence-corrected chi connectivity index (χ4v) is 2.58. The SMILES string of the molecule is CNC.c1cc2c(c(-c3cncs3)c1)OCCC2. The third-order valence-corrected chi connectivity index (χ3v) is 3.44. The molecule has 1 N–H and O–H groups in total. The second-order valence-corrected chi connectivity index (χ2v) is 5.00. The highest BCUT2D eigenvalue weighted by Gasteiger charge is 2.15. The Hall–Kier alpha value is -1.39. The number of fused-ring (bicyclic) bond motifs is 1. The van der Waals surface area contributed by atoms with Gasteiger partial charge in [0.1, 0.15) is 5.75 Å². The molecule has 0 bridgehead atoms. The Balaban J connectivity index is 0.000000367. The maximum atomic E-state index is 5.76. The first kappa shape index (κ1) is 13.1. The molecule has 1 aromatic carbocycles. The Morgan fingerprint density at radius 2 is 2.17 bits per heavy atom. The highest BCUT2D eigenvalue weighted by atomic mass is 32.1. The summed E-state index contributed by atoms with van der Waals surface area (Å²) in [5.74, 6) is 1.06. The average Bonchev–Trinajstić information content (AvgIpc) is 2.93. The van der Waals surface area contributed by atoms with Gasteiger partial charge in [0.2, 0.25) is 0 Å².